The SMILES string of the molecule is CCCC[N+]1(CC)CCC=C(Cc2cc(C(C)(C)C)cc(C=NC3CCCCC3N=Cc3cc(C(C)(C)C)cc(C[N+]4(CCCC)CC[N+](CC)(CCCC)CC4)c3O)c2O)CC1. The molecule has 2 heterocycles. The summed E-state index contributed by atoms with van der Waals surface area (Å²) in [4.78, 5) is 10.5. The van der Waals surface area contributed by atoms with Crippen LogP contribution in [0, 0.1) is 0 Å². The fourth-order valence-electron chi connectivity index (χ4n) is 10.9. The lowest BCUT2D eigenvalue weighted by molar-refractivity contribution is -1.04. The molecule has 1 aliphatic carbocycles. The van der Waals surface area contributed by atoms with Crippen LogP contribution in [0.2, 0.25) is 0 Å². The van der Waals surface area contributed by atoms with E-state index in [1.807, 2.05) is 12.4 Å². The molecule has 0 spiro atoms. The summed E-state index contributed by atoms with van der Waals surface area (Å²) >= 11 is 0. The zero-order valence-corrected chi connectivity index (χ0v) is 42.5. The fraction of sp³-hybridized carbons (Fsp3) is 0.714. The highest BCUT2D eigenvalue weighted by Gasteiger charge is 2.41. The summed E-state index contributed by atoms with van der Waals surface area (Å²) in [5.41, 5.74) is 7.59. The first-order chi connectivity index (χ1) is 29.9. The molecule has 1 saturated carbocycles. The van der Waals surface area contributed by atoms with Crippen LogP contribution >= 0.6 is 0 Å². The number of aliphatic imine (C=N–C) groups is 2. The Morgan fingerprint density at radius 3 is 1.51 bits per heavy atom. The van der Waals surface area contributed by atoms with Gasteiger partial charge in [0.15, 0.2) is 0 Å². The smallest absolute Gasteiger partial charge is 0.133 e. The molecule has 3 aliphatic rings. The molecule has 0 amide bonds. The Kier molecular flexibility index (Phi) is 18.2. The predicted molar refractivity (Wildman–Crippen MR) is 270 cm³/mol. The van der Waals surface area contributed by atoms with Gasteiger partial charge in [-0.3, -0.25) is 9.98 Å². The van der Waals surface area contributed by atoms with Gasteiger partial charge >= 0.3 is 0 Å². The molecule has 1 saturated heterocycles. The maximum absolute atomic E-state index is 12.1. The van der Waals surface area contributed by atoms with Gasteiger partial charge in [-0.25, -0.2) is 0 Å². The van der Waals surface area contributed by atoms with E-state index >= 15 is 0 Å². The van der Waals surface area contributed by atoms with E-state index in [1.54, 1.807) is 0 Å². The van der Waals surface area contributed by atoms with Crippen molar-refractivity contribution in [2.45, 2.75) is 189 Å². The van der Waals surface area contributed by atoms with Crippen molar-refractivity contribution in [2.75, 3.05) is 72.0 Å². The lowest BCUT2D eigenvalue weighted by atomic mass is 9.83. The third kappa shape index (κ3) is 13.5. The lowest BCUT2D eigenvalue weighted by Crippen LogP contribution is -2.66. The van der Waals surface area contributed by atoms with E-state index < -0.39 is 0 Å². The number of quaternary nitrogens is 3. The van der Waals surface area contributed by atoms with Crippen molar-refractivity contribution in [3.8, 4) is 11.5 Å². The van der Waals surface area contributed by atoms with Gasteiger partial charge in [-0.1, -0.05) is 112 Å². The molecule has 2 aromatic rings. The first kappa shape index (κ1) is 51.0. The number of aromatic hydroxyl groups is 2. The second-order valence-electron chi connectivity index (χ2n) is 22.6. The number of unbranched alkanes of at least 4 members (excludes halogenated alkanes) is 3. The van der Waals surface area contributed by atoms with Gasteiger partial charge in [0.25, 0.3) is 0 Å². The summed E-state index contributed by atoms with van der Waals surface area (Å²) in [6, 6.07) is 8.96. The Morgan fingerprint density at radius 2 is 1.03 bits per heavy atom. The van der Waals surface area contributed by atoms with Crippen LogP contribution in [0.15, 0.2) is 45.9 Å². The number of hydrogen-bond donors (Lipinski definition) is 2. The van der Waals surface area contributed by atoms with Gasteiger partial charge in [0.05, 0.1) is 57.9 Å². The van der Waals surface area contributed by atoms with Gasteiger partial charge in [-0.15, -0.1) is 0 Å². The molecule has 7 heteroatoms. The molecule has 2 aromatic carbocycles. The quantitative estimate of drug-likeness (QED) is 0.0839. The molecule has 2 fully saturated rings. The number of phenols is 2. The number of nitrogens with zero attached hydrogens (tertiary/aromatic N) is 5. The standard InChI is InChI=1S/C56H92N5O2/c1-12-17-27-59(15-4)30-22-23-44(26-31-59)36-45-37-49(55(6,7)8)38-46(53(45)62)41-57-51-24-20-21-25-52(51)58-42-47-39-50(56(9,10)11)40-48(54(47)63)43-61(29-19-14-3)34-32-60(16-5,33-35-61)28-18-13-2/h23,37-42,51-52H,12-22,24-36,43H2,1-11H3/q+1/p+2. The zero-order valence-electron chi connectivity index (χ0n) is 42.5. The zero-order chi connectivity index (χ0) is 45.9. The Bertz CT molecular complexity index is 1860. The van der Waals surface area contributed by atoms with Crippen molar-refractivity contribution in [1.29, 1.82) is 0 Å². The third-order valence-electron chi connectivity index (χ3n) is 15.9. The molecule has 3 unspecified atom stereocenters. The number of phenolic OH excluding ortho intramolecular Hbond substituents is 2. The molecule has 352 valence electrons. The van der Waals surface area contributed by atoms with Crippen LogP contribution in [-0.2, 0) is 23.8 Å². The van der Waals surface area contributed by atoms with Crippen LogP contribution < -0.4 is 0 Å². The van der Waals surface area contributed by atoms with Crippen molar-refractivity contribution >= 4 is 12.4 Å². The van der Waals surface area contributed by atoms with Gasteiger partial charge in [0.2, 0.25) is 0 Å². The van der Waals surface area contributed by atoms with E-state index in [0.717, 1.165) is 78.2 Å². The Labute approximate surface area is 386 Å². The van der Waals surface area contributed by atoms with Gasteiger partial charge in [0, 0.05) is 42.0 Å². The van der Waals surface area contributed by atoms with Crippen molar-refractivity contribution < 1.29 is 23.7 Å². The molecular formula is C56H94N5O2+3. The van der Waals surface area contributed by atoms with Gasteiger partial charge < -0.3 is 23.7 Å². The number of benzene rings is 2. The molecule has 0 aromatic heterocycles. The topological polar surface area (TPSA) is 65.2 Å². The molecule has 7 nitrogen and oxygen atoms in total. The summed E-state index contributed by atoms with van der Waals surface area (Å²) < 4.78 is 3.53. The lowest BCUT2D eigenvalue weighted by Gasteiger charge is -2.50. The summed E-state index contributed by atoms with van der Waals surface area (Å²) in [5, 5.41) is 24.1. The highest BCUT2D eigenvalue weighted by molar-refractivity contribution is 5.86. The minimum Gasteiger partial charge on any atom is -0.507 e. The summed E-state index contributed by atoms with van der Waals surface area (Å²) in [6.45, 7) is 39.6. The minimum absolute atomic E-state index is 0.0251. The second kappa shape index (κ2) is 22.5. The van der Waals surface area contributed by atoms with E-state index in [-0.39, 0.29) is 22.9 Å². The van der Waals surface area contributed by atoms with Crippen LogP contribution in [-0.4, -0.2) is 120 Å². The van der Waals surface area contributed by atoms with Gasteiger partial charge in [-0.2, -0.15) is 0 Å². The second-order valence-corrected chi connectivity index (χ2v) is 22.6. The van der Waals surface area contributed by atoms with E-state index in [1.165, 1.54) is 136 Å². The number of piperazine rings is 1. The van der Waals surface area contributed by atoms with Crippen molar-refractivity contribution in [3.05, 3.63) is 69.3 Å². The van der Waals surface area contributed by atoms with Crippen molar-refractivity contribution in [2.24, 2.45) is 9.98 Å². The average Bonchev–Trinajstić information content (AvgIpc) is 3.47. The minimum atomic E-state index is -0.0591. The van der Waals surface area contributed by atoms with Crippen LogP contribution in [0.1, 0.15) is 187 Å². The fourth-order valence-corrected chi connectivity index (χ4v) is 10.9. The maximum atomic E-state index is 12.1. The molecular weight excluding hydrogens is 775 g/mol. The van der Waals surface area contributed by atoms with Crippen LogP contribution in [0.4, 0.5) is 0 Å². The van der Waals surface area contributed by atoms with Crippen molar-refractivity contribution in [1.82, 2.24) is 0 Å². The number of hydrogen-bond acceptors (Lipinski definition) is 4. The maximum Gasteiger partial charge on any atom is 0.133 e. The van der Waals surface area contributed by atoms with E-state index in [4.69, 9.17) is 9.98 Å². The third-order valence-corrected chi connectivity index (χ3v) is 15.9. The van der Waals surface area contributed by atoms with Crippen LogP contribution in [0.5, 0.6) is 11.5 Å². The number of rotatable bonds is 19. The number of likely N-dealkylation sites (N-methyl/N-ethyl adjacent to an activating group) is 1. The molecule has 2 aliphatic heterocycles. The summed E-state index contributed by atoms with van der Waals surface area (Å²) in [7, 11) is 0. The molecule has 3 atom stereocenters. The first-order valence-corrected chi connectivity index (χ1v) is 26.0. The highest BCUT2D eigenvalue weighted by Crippen LogP contribution is 2.36. The molecule has 5 rings (SSSR count). The predicted octanol–water partition coefficient (Wildman–Crippen LogP) is 12.2. The Morgan fingerprint density at radius 1 is 0.587 bits per heavy atom. The molecule has 2 N–H and O–H groups in total. The molecule has 0 bridgehead atoms. The first-order valence-electron chi connectivity index (χ1n) is 26.0. The molecule has 0 radical (unpaired) electrons. The normalized spacial score (nSPS) is 26.4. The van der Waals surface area contributed by atoms with E-state index in [2.05, 4.69) is 107 Å². The van der Waals surface area contributed by atoms with E-state index in [9.17, 15) is 10.2 Å². The summed E-state index contributed by atoms with van der Waals surface area (Å²) in [5.74, 6) is 0.782. The van der Waals surface area contributed by atoms with Crippen molar-refractivity contribution in [3.63, 3.8) is 0 Å². The average molecular weight is 869 g/mol. The monoisotopic (exact) mass is 869 g/mol. The Balaban J connectivity index is 1.40. The Hall–Kier alpha value is -3.00. The van der Waals surface area contributed by atoms with Gasteiger partial charge in [-0.05, 0) is 98.1 Å². The summed E-state index contributed by atoms with van der Waals surface area (Å²) in [6.07, 6.45) is 21.1. The van der Waals surface area contributed by atoms with E-state index in [0.29, 0.717) is 11.5 Å². The highest BCUT2D eigenvalue weighted by atomic mass is 16.3. The molecule has 63 heavy (non-hydrogen) atoms. The van der Waals surface area contributed by atoms with Crippen LogP contribution in [0.25, 0.3) is 0 Å². The van der Waals surface area contributed by atoms with Crippen LogP contribution in [0.3, 0.4) is 0 Å². The largest absolute Gasteiger partial charge is 0.507 e. The van der Waals surface area contributed by atoms with Gasteiger partial charge in [0.1, 0.15) is 44.2 Å².